The van der Waals surface area contributed by atoms with Gasteiger partial charge in [-0.2, -0.15) is 0 Å². The van der Waals surface area contributed by atoms with Crippen molar-refractivity contribution >= 4 is 40.9 Å². The number of nitrogens with zero attached hydrogens (tertiary/aromatic N) is 4. The molecule has 11 heteroatoms. The molecule has 1 aliphatic rings. The van der Waals surface area contributed by atoms with Crippen molar-refractivity contribution in [2.45, 2.75) is 39.0 Å². The summed E-state index contributed by atoms with van der Waals surface area (Å²) in [4.78, 5) is 26.2. The fourth-order valence-corrected chi connectivity index (χ4v) is 4.26. The number of carbonyl (C=O) groups is 2. The first-order chi connectivity index (χ1) is 16.2. The average Bonchev–Trinajstić information content (AvgIpc) is 3.34. The number of likely N-dealkylation sites (tertiary alicyclic amines) is 1. The molecule has 34 heavy (non-hydrogen) atoms. The zero-order chi connectivity index (χ0) is 24.4. The molecule has 2 amide bonds. The number of nitrogens with one attached hydrogen (secondary N) is 1. The number of carbonyl (C=O) groups excluding carboxylic acids is 2. The summed E-state index contributed by atoms with van der Waals surface area (Å²) in [6, 6.07) is 10.3. The van der Waals surface area contributed by atoms with Crippen LogP contribution in [0.4, 0.5) is 14.9 Å². The Balaban J connectivity index is 1.63. The molecule has 1 aliphatic heterocycles. The number of urea groups is 1. The molecule has 0 bridgehead atoms. The van der Waals surface area contributed by atoms with Crippen LogP contribution in [0.1, 0.15) is 36.6 Å². The number of anilines is 1. The molecule has 1 saturated heterocycles. The van der Waals surface area contributed by atoms with Crippen molar-refractivity contribution in [1.82, 2.24) is 19.7 Å². The molecule has 1 N–H and O–H groups in total. The van der Waals surface area contributed by atoms with E-state index in [-0.39, 0.29) is 17.3 Å². The van der Waals surface area contributed by atoms with E-state index >= 15 is 0 Å². The average molecular weight is 506 g/mol. The predicted octanol–water partition coefficient (Wildman–Crippen LogP) is 4.99. The number of aryl methyl sites for hydroxylation is 1. The van der Waals surface area contributed by atoms with Crippen LogP contribution in [0.5, 0.6) is 0 Å². The summed E-state index contributed by atoms with van der Waals surface area (Å²) in [7, 11) is 0. The summed E-state index contributed by atoms with van der Waals surface area (Å²) in [5, 5.41) is 12.0. The fraction of sp³-hybridized carbons (Fsp3) is 0.304. The van der Waals surface area contributed by atoms with Crippen molar-refractivity contribution in [1.29, 1.82) is 0 Å². The van der Waals surface area contributed by atoms with E-state index in [9.17, 15) is 14.0 Å². The Bertz CT molecular complexity index is 1220. The SMILES string of the molecule is CC(=O)O[C@H]1C[C@H](c2nnc(C)n2Cc2ccc(Cl)cc2)N(C(=O)Nc2ccc(Cl)cc2F)C1. The molecular formula is C23H22Cl2FN5O3. The van der Waals surface area contributed by atoms with Gasteiger partial charge in [-0.05, 0) is 42.8 Å². The van der Waals surface area contributed by atoms with Gasteiger partial charge in [-0.25, -0.2) is 9.18 Å². The molecule has 1 fully saturated rings. The molecule has 0 aliphatic carbocycles. The number of hydrogen-bond donors (Lipinski definition) is 1. The number of esters is 1. The minimum absolute atomic E-state index is 0.0112. The second-order valence-corrected chi connectivity index (χ2v) is 8.88. The largest absolute Gasteiger partial charge is 0.461 e. The van der Waals surface area contributed by atoms with Crippen LogP contribution >= 0.6 is 23.2 Å². The van der Waals surface area contributed by atoms with Crippen LogP contribution in [0.15, 0.2) is 42.5 Å². The van der Waals surface area contributed by atoms with E-state index in [2.05, 4.69) is 15.5 Å². The molecule has 178 valence electrons. The third kappa shape index (κ3) is 5.31. The standard InChI is InChI=1S/C23H22Cl2FN5O3/c1-13-28-29-22(30(13)11-15-3-5-16(24)6-4-15)21-10-18(34-14(2)32)12-31(21)23(33)27-20-8-7-17(25)9-19(20)26/h3-9,18,21H,10-12H2,1-2H3,(H,27,33)/t18-,21+/m0/s1. The van der Waals surface area contributed by atoms with Gasteiger partial charge in [0.05, 0.1) is 24.8 Å². The van der Waals surface area contributed by atoms with E-state index < -0.39 is 30.0 Å². The number of hydrogen-bond acceptors (Lipinski definition) is 5. The minimum Gasteiger partial charge on any atom is -0.461 e. The molecule has 2 heterocycles. The summed E-state index contributed by atoms with van der Waals surface area (Å²) >= 11 is 11.8. The molecule has 4 rings (SSSR count). The van der Waals surface area contributed by atoms with E-state index in [1.165, 1.54) is 24.0 Å². The highest BCUT2D eigenvalue weighted by atomic mass is 35.5. The van der Waals surface area contributed by atoms with Gasteiger partial charge >= 0.3 is 12.0 Å². The molecule has 0 saturated carbocycles. The van der Waals surface area contributed by atoms with E-state index in [4.69, 9.17) is 27.9 Å². The zero-order valence-electron chi connectivity index (χ0n) is 18.5. The first-order valence-corrected chi connectivity index (χ1v) is 11.3. The molecular weight excluding hydrogens is 484 g/mol. The second-order valence-electron chi connectivity index (χ2n) is 8.01. The summed E-state index contributed by atoms with van der Waals surface area (Å²) in [6.07, 6.45) is -0.209. The molecule has 0 spiro atoms. The number of aromatic nitrogens is 3. The lowest BCUT2D eigenvalue weighted by Crippen LogP contribution is -2.37. The highest BCUT2D eigenvalue weighted by molar-refractivity contribution is 6.30. The van der Waals surface area contributed by atoms with E-state index in [0.29, 0.717) is 29.6 Å². The number of ether oxygens (including phenoxy) is 1. The Morgan fingerprint density at radius 1 is 1.15 bits per heavy atom. The quantitative estimate of drug-likeness (QED) is 0.493. The normalized spacial score (nSPS) is 17.6. The topological polar surface area (TPSA) is 89.3 Å². The Morgan fingerprint density at radius 2 is 1.85 bits per heavy atom. The first-order valence-electron chi connectivity index (χ1n) is 10.6. The van der Waals surface area contributed by atoms with Gasteiger partial charge in [0.1, 0.15) is 17.7 Å². The Morgan fingerprint density at radius 3 is 2.53 bits per heavy atom. The lowest BCUT2D eigenvalue weighted by molar-refractivity contribution is -0.145. The van der Waals surface area contributed by atoms with Crippen LogP contribution in [-0.4, -0.2) is 44.3 Å². The van der Waals surface area contributed by atoms with Crippen molar-refractivity contribution in [2.24, 2.45) is 0 Å². The van der Waals surface area contributed by atoms with Gasteiger partial charge in [-0.1, -0.05) is 35.3 Å². The summed E-state index contributed by atoms with van der Waals surface area (Å²) in [5.74, 6) is 0.0854. The molecule has 0 unspecified atom stereocenters. The van der Waals surface area contributed by atoms with Gasteiger partial charge in [0, 0.05) is 23.4 Å². The Kier molecular flexibility index (Phi) is 7.04. The van der Waals surface area contributed by atoms with Gasteiger partial charge in [0.25, 0.3) is 0 Å². The smallest absolute Gasteiger partial charge is 0.322 e. The lowest BCUT2D eigenvalue weighted by atomic mass is 10.1. The second kappa shape index (κ2) is 9.99. The number of halogens is 3. The highest BCUT2D eigenvalue weighted by Crippen LogP contribution is 2.34. The van der Waals surface area contributed by atoms with Crippen LogP contribution in [0, 0.1) is 12.7 Å². The summed E-state index contributed by atoms with van der Waals surface area (Å²) < 4.78 is 21.6. The van der Waals surface area contributed by atoms with Gasteiger partial charge in [0.2, 0.25) is 0 Å². The van der Waals surface area contributed by atoms with E-state index in [0.717, 1.165) is 11.6 Å². The molecule has 2 atom stereocenters. The molecule has 1 aromatic heterocycles. The van der Waals surface area contributed by atoms with Crippen molar-refractivity contribution in [3.63, 3.8) is 0 Å². The first kappa shape index (κ1) is 24.0. The molecule has 8 nitrogen and oxygen atoms in total. The van der Waals surface area contributed by atoms with E-state index in [1.807, 2.05) is 23.6 Å². The Hall–Kier alpha value is -3.17. The molecule has 2 aromatic carbocycles. The highest BCUT2D eigenvalue weighted by Gasteiger charge is 2.41. The lowest BCUT2D eigenvalue weighted by Gasteiger charge is -2.25. The number of rotatable bonds is 5. The number of benzene rings is 2. The van der Waals surface area contributed by atoms with Crippen LogP contribution in [0.3, 0.4) is 0 Å². The molecule has 3 aromatic rings. The van der Waals surface area contributed by atoms with Crippen molar-refractivity contribution < 1.29 is 18.7 Å². The monoisotopic (exact) mass is 505 g/mol. The third-order valence-corrected chi connectivity index (χ3v) is 6.03. The van der Waals surface area contributed by atoms with Gasteiger partial charge in [-0.3, -0.25) is 4.79 Å². The summed E-state index contributed by atoms with van der Waals surface area (Å²) in [5.41, 5.74) is 0.963. The maximum Gasteiger partial charge on any atom is 0.322 e. The maximum absolute atomic E-state index is 14.3. The fourth-order valence-electron chi connectivity index (χ4n) is 3.98. The van der Waals surface area contributed by atoms with Crippen LogP contribution in [-0.2, 0) is 16.1 Å². The van der Waals surface area contributed by atoms with Crippen molar-refractivity contribution in [3.8, 4) is 0 Å². The minimum atomic E-state index is -0.658. The van der Waals surface area contributed by atoms with Crippen LogP contribution in [0.2, 0.25) is 10.0 Å². The van der Waals surface area contributed by atoms with Gasteiger partial charge < -0.3 is 19.5 Å². The van der Waals surface area contributed by atoms with Gasteiger partial charge in [0.15, 0.2) is 5.82 Å². The van der Waals surface area contributed by atoms with Gasteiger partial charge in [-0.15, -0.1) is 10.2 Å². The predicted molar refractivity (Wildman–Crippen MR) is 125 cm³/mol. The van der Waals surface area contributed by atoms with Crippen LogP contribution in [0.25, 0.3) is 0 Å². The Labute approximate surface area is 205 Å². The van der Waals surface area contributed by atoms with Crippen molar-refractivity contribution in [2.75, 3.05) is 11.9 Å². The number of amides is 2. The zero-order valence-corrected chi connectivity index (χ0v) is 20.0. The maximum atomic E-state index is 14.3. The van der Waals surface area contributed by atoms with Crippen LogP contribution < -0.4 is 5.32 Å². The summed E-state index contributed by atoms with van der Waals surface area (Å²) in [6.45, 7) is 3.71. The van der Waals surface area contributed by atoms with E-state index in [1.54, 1.807) is 12.1 Å². The molecule has 0 radical (unpaired) electrons. The third-order valence-electron chi connectivity index (χ3n) is 5.55. The van der Waals surface area contributed by atoms with Crippen molar-refractivity contribution in [3.05, 3.63) is 75.5 Å².